The molecular formula is C40H42N6O10S2. The molecule has 2 aromatic carbocycles. The highest BCUT2D eigenvalue weighted by molar-refractivity contribution is 8.15. The normalized spacial score (nSPS) is 15.6. The van der Waals surface area contributed by atoms with E-state index in [-0.39, 0.29) is 32.8 Å². The average molecular weight is 831 g/mol. The Morgan fingerprint density at radius 1 is 0.638 bits per heavy atom. The molecular weight excluding hydrogens is 789 g/mol. The van der Waals surface area contributed by atoms with Crippen LogP contribution in [0, 0.1) is 0 Å². The van der Waals surface area contributed by atoms with Crippen molar-refractivity contribution in [3.05, 3.63) is 121 Å². The number of benzene rings is 2. The van der Waals surface area contributed by atoms with E-state index in [0.29, 0.717) is 38.2 Å². The standard InChI is InChI=1S/2C18H19N3O3S.C4H4O4/c2*1-21(16-4-2-3-9-19-16)10-11-24-14-7-5-13(6-8-14)12-15-17(22)20-18(23)25-15;5-3(6)1-2-4(7)8/h2*2-9,15H,10-12H2,1H3,(H,20,22,23);1-2H,(H,5,6)(H,7,8)/b;;2-1-. The van der Waals surface area contributed by atoms with Gasteiger partial charge in [-0.3, -0.25) is 29.8 Å². The highest BCUT2D eigenvalue weighted by atomic mass is 32.2. The molecule has 18 heteroatoms. The molecule has 0 bridgehead atoms. The van der Waals surface area contributed by atoms with E-state index < -0.39 is 11.9 Å². The predicted molar refractivity (Wildman–Crippen MR) is 221 cm³/mol. The summed E-state index contributed by atoms with van der Waals surface area (Å²) in [7, 11) is 3.95. The molecule has 6 rings (SSSR count). The molecule has 304 valence electrons. The van der Waals surface area contributed by atoms with Gasteiger partial charge in [-0.15, -0.1) is 0 Å². The summed E-state index contributed by atoms with van der Waals surface area (Å²) >= 11 is 2.09. The van der Waals surface area contributed by atoms with Gasteiger partial charge in [0.1, 0.15) is 36.3 Å². The molecule has 4 N–H and O–H groups in total. The second-order valence-electron chi connectivity index (χ2n) is 12.4. The van der Waals surface area contributed by atoms with Gasteiger partial charge >= 0.3 is 11.9 Å². The van der Waals surface area contributed by atoms with Crippen LogP contribution in [0.4, 0.5) is 21.2 Å². The number of carboxylic acid groups (broad SMARTS) is 2. The third kappa shape index (κ3) is 15.6. The second kappa shape index (κ2) is 23.0. The zero-order chi connectivity index (χ0) is 41.9. The summed E-state index contributed by atoms with van der Waals surface area (Å²) in [6.45, 7) is 2.53. The lowest BCUT2D eigenvalue weighted by atomic mass is 10.1. The summed E-state index contributed by atoms with van der Waals surface area (Å²) < 4.78 is 11.5. The largest absolute Gasteiger partial charge is 0.492 e. The molecule has 2 atom stereocenters. The van der Waals surface area contributed by atoms with Crippen molar-refractivity contribution in [3.63, 3.8) is 0 Å². The highest BCUT2D eigenvalue weighted by Gasteiger charge is 2.32. The maximum atomic E-state index is 11.6. The summed E-state index contributed by atoms with van der Waals surface area (Å²) in [5, 5.41) is 19.0. The highest BCUT2D eigenvalue weighted by Crippen LogP contribution is 2.25. The minimum absolute atomic E-state index is 0.215. The van der Waals surface area contributed by atoms with E-state index in [2.05, 4.69) is 20.6 Å². The van der Waals surface area contributed by atoms with Crippen molar-refractivity contribution in [2.75, 3.05) is 50.2 Å². The first-order chi connectivity index (χ1) is 27.9. The summed E-state index contributed by atoms with van der Waals surface area (Å²) in [4.78, 5) is 77.3. The molecule has 2 fully saturated rings. The number of carbonyl (C=O) groups is 6. The van der Waals surface area contributed by atoms with Crippen molar-refractivity contribution >= 4 is 69.4 Å². The van der Waals surface area contributed by atoms with Gasteiger partial charge in [-0.25, -0.2) is 19.6 Å². The van der Waals surface area contributed by atoms with Crippen LogP contribution in [0.3, 0.4) is 0 Å². The van der Waals surface area contributed by atoms with Crippen LogP contribution in [0.25, 0.3) is 0 Å². The molecule has 16 nitrogen and oxygen atoms in total. The summed E-state index contributed by atoms with van der Waals surface area (Å²) in [5.74, 6) is 0.419. The van der Waals surface area contributed by atoms with Crippen molar-refractivity contribution in [2.45, 2.75) is 23.3 Å². The Labute approximate surface area is 343 Å². The van der Waals surface area contributed by atoms with Crippen molar-refractivity contribution in [1.82, 2.24) is 20.6 Å². The Kier molecular flexibility index (Phi) is 17.6. The van der Waals surface area contributed by atoms with E-state index in [9.17, 15) is 28.8 Å². The Hall–Kier alpha value is -6.40. The van der Waals surface area contributed by atoms with Crippen molar-refractivity contribution in [2.24, 2.45) is 0 Å². The first-order valence-corrected chi connectivity index (χ1v) is 19.5. The third-order valence-corrected chi connectivity index (χ3v) is 10.0. The first kappa shape index (κ1) is 44.3. The number of carbonyl (C=O) groups excluding carboxylic acids is 4. The number of hydrogen-bond donors (Lipinski definition) is 4. The number of thioether (sulfide) groups is 2. The van der Waals surface area contributed by atoms with Gasteiger partial charge in [0.15, 0.2) is 0 Å². The van der Waals surface area contributed by atoms with Crippen molar-refractivity contribution in [1.29, 1.82) is 0 Å². The van der Waals surface area contributed by atoms with Gasteiger partial charge < -0.3 is 29.5 Å². The number of carboxylic acids is 2. The van der Waals surface area contributed by atoms with Crippen LogP contribution in [0.2, 0.25) is 0 Å². The van der Waals surface area contributed by atoms with E-state index in [1.165, 1.54) is 0 Å². The van der Waals surface area contributed by atoms with Crippen LogP contribution in [-0.4, -0.2) is 105 Å². The number of rotatable bonds is 16. The van der Waals surface area contributed by atoms with Gasteiger partial charge in [0.05, 0.1) is 23.6 Å². The maximum absolute atomic E-state index is 11.6. The Balaban J connectivity index is 0.000000217. The molecule has 2 unspecified atom stereocenters. The van der Waals surface area contributed by atoms with Crippen LogP contribution in [0.5, 0.6) is 11.5 Å². The quantitative estimate of drug-likeness (QED) is 0.113. The number of nitrogens with one attached hydrogen (secondary N) is 2. The zero-order valence-corrected chi connectivity index (χ0v) is 33.2. The molecule has 0 radical (unpaired) electrons. The summed E-state index contributed by atoms with van der Waals surface area (Å²) in [5.41, 5.74) is 2.00. The monoisotopic (exact) mass is 830 g/mol. The minimum atomic E-state index is -1.26. The lowest BCUT2D eigenvalue weighted by Gasteiger charge is -2.18. The molecule has 0 aliphatic carbocycles. The van der Waals surface area contributed by atoms with Crippen molar-refractivity contribution in [3.8, 4) is 11.5 Å². The Morgan fingerprint density at radius 3 is 1.31 bits per heavy atom. The molecule has 2 aliphatic heterocycles. The minimum Gasteiger partial charge on any atom is -0.492 e. The van der Waals surface area contributed by atoms with Crippen LogP contribution in [-0.2, 0) is 32.0 Å². The number of likely N-dealkylation sites (N-methyl/N-ethyl adjacent to an activating group) is 2. The van der Waals surface area contributed by atoms with Gasteiger partial charge in [-0.05, 0) is 72.5 Å². The summed E-state index contributed by atoms with van der Waals surface area (Å²) in [6.07, 6.45) is 5.71. The number of amides is 4. The molecule has 4 amide bonds. The van der Waals surface area contributed by atoms with Gasteiger partial charge in [0.2, 0.25) is 11.8 Å². The molecule has 2 saturated heterocycles. The predicted octanol–water partition coefficient (Wildman–Crippen LogP) is 4.69. The number of ether oxygens (including phenoxy) is 2. The number of hydrogen-bond acceptors (Lipinski definition) is 14. The van der Waals surface area contributed by atoms with Crippen LogP contribution < -0.4 is 29.9 Å². The molecule has 2 aromatic heterocycles. The fourth-order valence-corrected chi connectivity index (χ4v) is 6.78. The molecule has 2 aliphatic rings. The number of aromatic nitrogens is 2. The van der Waals surface area contributed by atoms with E-state index >= 15 is 0 Å². The second-order valence-corrected chi connectivity index (χ2v) is 14.7. The van der Waals surface area contributed by atoms with Gasteiger partial charge in [0.25, 0.3) is 10.5 Å². The van der Waals surface area contributed by atoms with E-state index in [1.807, 2.05) is 109 Å². The number of aliphatic carboxylic acids is 2. The molecule has 4 heterocycles. The van der Waals surface area contributed by atoms with E-state index in [4.69, 9.17) is 19.7 Å². The number of anilines is 2. The van der Waals surface area contributed by atoms with Gasteiger partial charge in [-0.1, -0.05) is 59.9 Å². The topological polar surface area (TPSA) is 218 Å². The first-order valence-electron chi connectivity index (χ1n) is 17.7. The molecule has 0 spiro atoms. The average Bonchev–Trinajstić information content (AvgIpc) is 3.71. The van der Waals surface area contributed by atoms with Crippen LogP contribution in [0.1, 0.15) is 11.1 Å². The molecule has 4 aromatic rings. The smallest absolute Gasteiger partial charge is 0.328 e. The lowest BCUT2D eigenvalue weighted by Crippen LogP contribution is -2.25. The van der Waals surface area contributed by atoms with Crippen LogP contribution in [0.15, 0.2) is 109 Å². The zero-order valence-electron chi connectivity index (χ0n) is 31.6. The van der Waals surface area contributed by atoms with Gasteiger partial charge in [0, 0.05) is 38.6 Å². The third-order valence-electron chi connectivity index (χ3n) is 8.06. The summed E-state index contributed by atoms with van der Waals surface area (Å²) in [6, 6.07) is 26.8. The SMILES string of the molecule is CN(CCOc1ccc(CC2SC(=O)NC2=O)cc1)c1ccccn1.CN(CCOc1ccc(CC2SC(=O)NC2=O)cc1)c1ccccn1.O=C(O)/C=C\C(=O)O. The fraction of sp³-hybridized carbons (Fsp3) is 0.250. The lowest BCUT2D eigenvalue weighted by molar-refractivity contribution is -0.134. The van der Waals surface area contributed by atoms with E-state index in [0.717, 1.165) is 70.9 Å². The number of imide groups is 2. The van der Waals surface area contributed by atoms with E-state index in [1.54, 1.807) is 12.4 Å². The Morgan fingerprint density at radius 2 is 1.02 bits per heavy atom. The maximum Gasteiger partial charge on any atom is 0.328 e. The molecule has 0 saturated carbocycles. The fourth-order valence-electron chi connectivity index (χ4n) is 5.06. The van der Waals surface area contributed by atoms with Crippen molar-refractivity contribution < 1.29 is 48.5 Å². The van der Waals surface area contributed by atoms with Gasteiger partial charge in [-0.2, -0.15) is 0 Å². The van der Waals surface area contributed by atoms with Crippen LogP contribution >= 0.6 is 23.5 Å². The Bertz CT molecular complexity index is 1880. The number of nitrogens with zero attached hydrogens (tertiary/aromatic N) is 4. The molecule has 58 heavy (non-hydrogen) atoms. The number of pyridine rings is 2.